The fraction of sp³-hybridized carbons (Fsp3) is 0.818. The lowest BCUT2D eigenvalue weighted by Gasteiger charge is -2.21. The van der Waals surface area contributed by atoms with Crippen LogP contribution in [0.2, 0.25) is 0 Å². The molecule has 0 aromatic carbocycles. The van der Waals surface area contributed by atoms with Gasteiger partial charge in [0.15, 0.2) is 0 Å². The van der Waals surface area contributed by atoms with Crippen LogP contribution in [0, 0.1) is 10.8 Å². The van der Waals surface area contributed by atoms with Crippen LogP contribution in [0.4, 0.5) is 0 Å². The molecule has 0 atom stereocenters. The smallest absolute Gasteiger partial charge is 0.350 e. The highest BCUT2D eigenvalue weighted by atomic mass is 16.4. The van der Waals surface area contributed by atoms with Crippen LogP contribution >= 0.6 is 0 Å². The summed E-state index contributed by atoms with van der Waals surface area (Å²) < 4.78 is 0. The highest BCUT2D eigenvalue weighted by molar-refractivity contribution is 6.37. The topological polar surface area (TPSA) is 49.7 Å². The van der Waals surface area contributed by atoms with Gasteiger partial charge in [0.05, 0.1) is 0 Å². The third-order valence-corrected chi connectivity index (χ3v) is 1.62. The first-order valence-corrected chi connectivity index (χ1v) is 4.82. The summed E-state index contributed by atoms with van der Waals surface area (Å²) in [6.07, 6.45) is 0. The lowest BCUT2D eigenvalue weighted by molar-refractivity contribution is -0.129. The Morgan fingerprint density at radius 2 is 1.57 bits per heavy atom. The Kier molecular flexibility index (Phi) is 3.86. The molecule has 1 N–H and O–H groups in total. The zero-order chi connectivity index (χ0) is 11.6. The summed E-state index contributed by atoms with van der Waals surface area (Å²) in [4.78, 5) is 15.1. The molecule has 0 amide bonds. The number of carboxylic acid groups (broad SMARTS) is 1. The molecule has 0 spiro atoms. The highest BCUT2D eigenvalue weighted by Gasteiger charge is 2.25. The number of carbonyl (C=O) groups is 1. The second-order valence-electron chi connectivity index (χ2n) is 5.78. The molecular weight excluding hydrogens is 178 g/mol. The van der Waals surface area contributed by atoms with Gasteiger partial charge in [-0.05, 0) is 5.41 Å². The summed E-state index contributed by atoms with van der Waals surface area (Å²) >= 11 is 0. The van der Waals surface area contributed by atoms with Crippen molar-refractivity contribution in [2.75, 3.05) is 6.54 Å². The Morgan fingerprint density at radius 3 is 1.79 bits per heavy atom. The summed E-state index contributed by atoms with van der Waals surface area (Å²) in [6.45, 7) is 12.3. The monoisotopic (exact) mass is 199 g/mol. The van der Waals surface area contributed by atoms with Crippen LogP contribution in [0.3, 0.4) is 0 Å². The number of carboxylic acids is 1. The van der Waals surface area contributed by atoms with Gasteiger partial charge in [-0.15, -0.1) is 0 Å². The van der Waals surface area contributed by atoms with E-state index in [1.807, 2.05) is 41.5 Å². The predicted octanol–water partition coefficient (Wildman–Crippen LogP) is 2.60. The van der Waals surface area contributed by atoms with E-state index in [0.29, 0.717) is 6.54 Å². The molecule has 0 fully saturated rings. The summed E-state index contributed by atoms with van der Waals surface area (Å²) in [6, 6.07) is 0. The summed E-state index contributed by atoms with van der Waals surface area (Å²) in [5, 5.41) is 8.97. The zero-order valence-corrected chi connectivity index (χ0v) is 10.0. The molecule has 0 saturated heterocycles. The van der Waals surface area contributed by atoms with Gasteiger partial charge >= 0.3 is 5.97 Å². The highest BCUT2D eigenvalue weighted by Crippen LogP contribution is 2.19. The number of nitrogens with zero attached hydrogens (tertiary/aromatic N) is 1. The molecule has 0 saturated carbocycles. The summed E-state index contributed by atoms with van der Waals surface area (Å²) in [5.41, 5.74) is -0.101. The molecule has 0 radical (unpaired) electrons. The van der Waals surface area contributed by atoms with Crippen LogP contribution in [0.5, 0.6) is 0 Å². The van der Waals surface area contributed by atoms with Crippen molar-refractivity contribution in [3.63, 3.8) is 0 Å². The van der Waals surface area contributed by atoms with Crippen molar-refractivity contribution in [2.24, 2.45) is 15.8 Å². The lowest BCUT2D eigenvalue weighted by atomic mass is 9.89. The van der Waals surface area contributed by atoms with Gasteiger partial charge in [-0.25, -0.2) is 4.79 Å². The van der Waals surface area contributed by atoms with E-state index in [2.05, 4.69) is 4.99 Å². The van der Waals surface area contributed by atoms with Gasteiger partial charge in [-0.3, -0.25) is 4.99 Å². The molecule has 0 bridgehead atoms. The fourth-order valence-corrected chi connectivity index (χ4v) is 0.942. The largest absolute Gasteiger partial charge is 0.477 e. The van der Waals surface area contributed by atoms with Crippen LogP contribution < -0.4 is 0 Å². The first-order valence-electron chi connectivity index (χ1n) is 4.82. The van der Waals surface area contributed by atoms with Gasteiger partial charge in [0.2, 0.25) is 0 Å². The van der Waals surface area contributed by atoms with E-state index in [0.717, 1.165) is 0 Å². The number of hydrogen-bond acceptors (Lipinski definition) is 2. The Morgan fingerprint density at radius 1 is 1.14 bits per heavy atom. The molecule has 0 unspecified atom stereocenters. The molecule has 82 valence electrons. The maximum Gasteiger partial charge on any atom is 0.350 e. The molecule has 0 aliphatic carbocycles. The van der Waals surface area contributed by atoms with Crippen LogP contribution in [0.25, 0.3) is 0 Å². The Bertz CT molecular complexity index is 241. The minimum Gasteiger partial charge on any atom is -0.477 e. The van der Waals surface area contributed by atoms with Gasteiger partial charge in [-0.2, -0.15) is 0 Å². The van der Waals surface area contributed by atoms with E-state index in [9.17, 15) is 4.79 Å². The van der Waals surface area contributed by atoms with Crippen molar-refractivity contribution in [3.05, 3.63) is 0 Å². The van der Waals surface area contributed by atoms with Crippen LogP contribution in [0.1, 0.15) is 41.5 Å². The number of aliphatic imine (C=N–C) groups is 1. The first kappa shape index (κ1) is 13.1. The van der Waals surface area contributed by atoms with Gasteiger partial charge in [0.1, 0.15) is 5.71 Å². The normalized spacial score (nSPS) is 14.3. The first-order chi connectivity index (χ1) is 6.04. The van der Waals surface area contributed by atoms with Crippen molar-refractivity contribution in [1.82, 2.24) is 0 Å². The molecule has 0 aliphatic heterocycles. The zero-order valence-electron chi connectivity index (χ0n) is 10.0. The second kappa shape index (κ2) is 4.11. The quantitative estimate of drug-likeness (QED) is 0.695. The molecule has 0 heterocycles. The molecule has 0 aromatic heterocycles. The molecular formula is C11H21NO2. The van der Waals surface area contributed by atoms with E-state index in [4.69, 9.17) is 5.11 Å². The SMILES string of the molecule is CC(C)(C)CN=C(C(=O)O)C(C)(C)C. The number of aliphatic carboxylic acids is 1. The van der Waals surface area contributed by atoms with Gasteiger partial charge < -0.3 is 5.11 Å². The third-order valence-electron chi connectivity index (χ3n) is 1.62. The van der Waals surface area contributed by atoms with Crippen LogP contribution in [0.15, 0.2) is 4.99 Å². The van der Waals surface area contributed by atoms with Gasteiger partial charge in [0, 0.05) is 12.0 Å². The molecule has 0 aliphatic rings. The van der Waals surface area contributed by atoms with E-state index in [1.54, 1.807) is 0 Å². The maximum atomic E-state index is 10.9. The van der Waals surface area contributed by atoms with Crippen molar-refractivity contribution in [1.29, 1.82) is 0 Å². The van der Waals surface area contributed by atoms with Gasteiger partial charge in [-0.1, -0.05) is 41.5 Å². The average molecular weight is 199 g/mol. The van der Waals surface area contributed by atoms with Crippen molar-refractivity contribution >= 4 is 11.7 Å². The van der Waals surface area contributed by atoms with Crippen molar-refractivity contribution < 1.29 is 9.90 Å². The molecule has 3 nitrogen and oxygen atoms in total. The maximum absolute atomic E-state index is 10.9. The lowest BCUT2D eigenvalue weighted by Crippen LogP contribution is -2.30. The minimum atomic E-state index is -0.915. The Hall–Kier alpha value is -0.860. The van der Waals surface area contributed by atoms with E-state index < -0.39 is 11.4 Å². The van der Waals surface area contributed by atoms with Crippen molar-refractivity contribution in [2.45, 2.75) is 41.5 Å². The van der Waals surface area contributed by atoms with Gasteiger partial charge in [0.25, 0.3) is 0 Å². The van der Waals surface area contributed by atoms with Crippen molar-refractivity contribution in [3.8, 4) is 0 Å². The molecule has 3 heteroatoms. The molecule has 14 heavy (non-hydrogen) atoms. The standard InChI is InChI=1S/C11H21NO2/c1-10(2,3)7-12-8(9(13)14)11(4,5)6/h7H2,1-6H3,(H,13,14). The second-order valence-corrected chi connectivity index (χ2v) is 5.78. The summed E-state index contributed by atoms with van der Waals surface area (Å²) in [5.74, 6) is -0.915. The molecule has 0 rings (SSSR count). The van der Waals surface area contributed by atoms with Crippen LogP contribution in [-0.4, -0.2) is 23.3 Å². The number of rotatable bonds is 2. The van der Waals surface area contributed by atoms with E-state index >= 15 is 0 Å². The van der Waals surface area contributed by atoms with E-state index in [1.165, 1.54) is 0 Å². The number of hydrogen-bond donors (Lipinski definition) is 1. The Balaban J connectivity index is 4.78. The third kappa shape index (κ3) is 5.00. The average Bonchev–Trinajstić information content (AvgIpc) is 1.79. The molecule has 0 aromatic rings. The van der Waals surface area contributed by atoms with E-state index in [-0.39, 0.29) is 11.1 Å². The minimum absolute atomic E-state index is 0.0337. The fourth-order valence-electron chi connectivity index (χ4n) is 0.942. The summed E-state index contributed by atoms with van der Waals surface area (Å²) in [7, 11) is 0. The van der Waals surface area contributed by atoms with Crippen LogP contribution in [-0.2, 0) is 4.79 Å². The predicted molar refractivity (Wildman–Crippen MR) is 58.8 cm³/mol. The Labute approximate surface area is 86.2 Å².